The first-order valence-electron chi connectivity index (χ1n) is 13.0. The quantitative estimate of drug-likeness (QED) is 0.312. The van der Waals surface area contributed by atoms with Crippen molar-refractivity contribution in [2.75, 3.05) is 19.6 Å². The monoisotopic (exact) mass is 517 g/mol. The molecule has 5 nitrogen and oxygen atoms in total. The van der Waals surface area contributed by atoms with E-state index in [9.17, 15) is 9.90 Å². The third kappa shape index (κ3) is 6.35. The Morgan fingerprint density at radius 1 is 0.892 bits per heavy atom. The van der Waals surface area contributed by atoms with Crippen molar-refractivity contribution >= 4 is 29.2 Å². The number of aryl methyl sites for hydroxylation is 2. The fourth-order valence-corrected chi connectivity index (χ4v) is 5.42. The minimum absolute atomic E-state index is 0. The number of phenols is 1. The van der Waals surface area contributed by atoms with E-state index in [1.165, 1.54) is 11.1 Å². The number of hydrogen-bond donors (Lipinski definition) is 2. The Hall–Kier alpha value is -3.28. The normalized spacial score (nSPS) is 14.4. The van der Waals surface area contributed by atoms with Gasteiger partial charge in [0.15, 0.2) is 0 Å². The molecule has 4 aromatic rings. The number of amides is 1. The minimum Gasteiger partial charge on any atom is -0.508 e. The Kier molecular flexibility index (Phi) is 8.91. The number of halogens is 1. The molecule has 0 saturated carbocycles. The van der Waals surface area contributed by atoms with Crippen LogP contribution in [0.5, 0.6) is 5.75 Å². The zero-order valence-corrected chi connectivity index (χ0v) is 22.2. The van der Waals surface area contributed by atoms with Crippen LogP contribution in [0.25, 0.3) is 10.9 Å². The Morgan fingerprint density at radius 2 is 1.49 bits per heavy atom. The summed E-state index contributed by atoms with van der Waals surface area (Å²) in [5.74, 6) is 0.146. The number of phenolic OH excluding ortho intramolecular Hbond substituents is 1. The topological polar surface area (TPSA) is 57.5 Å². The number of piperidine rings is 1. The van der Waals surface area contributed by atoms with Crippen LogP contribution < -0.4 is 5.32 Å². The van der Waals surface area contributed by atoms with Crippen LogP contribution in [0, 0.1) is 6.92 Å². The summed E-state index contributed by atoms with van der Waals surface area (Å²) in [6.07, 6.45) is 3.85. The van der Waals surface area contributed by atoms with Crippen LogP contribution >= 0.6 is 12.4 Å². The highest BCUT2D eigenvalue weighted by molar-refractivity contribution is 6.08. The maximum atomic E-state index is 13.5. The molecule has 37 heavy (non-hydrogen) atoms. The molecule has 2 heterocycles. The lowest BCUT2D eigenvalue weighted by molar-refractivity contribution is 0.0912. The number of aromatic nitrogens is 1. The number of fused-ring (bicyclic) bond motifs is 1. The summed E-state index contributed by atoms with van der Waals surface area (Å²) in [7, 11) is 0. The maximum Gasteiger partial charge on any atom is 0.253 e. The molecule has 0 bridgehead atoms. The predicted octanol–water partition coefficient (Wildman–Crippen LogP) is 5.76. The molecular formula is C31H36ClN3O2. The van der Waals surface area contributed by atoms with Crippen LogP contribution in [-0.4, -0.2) is 46.2 Å². The zero-order valence-electron chi connectivity index (χ0n) is 21.4. The summed E-state index contributed by atoms with van der Waals surface area (Å²) in [4.78, 5) is 16.0. The Morgan fingerprint density at radius 3 is 2.11 bits per heavy atom. The van der Waals surface area contributed by atoms with E-state index in [-0.39, 0.29) is 30.1 Å². The largest absolute Gasteiger partial charge is 0.508 e. The van der Waals surface area contributed by atoms with E-state index in [0.29, 0.717) is 5.56 Å². The molecule has 194 valence electrons. The fraction of sp³-hybridized carbons (Fsp3) is 0.323. The molecule has 5 rings (SSSR count). The molecule has 1 aliphatic heterocycles. The van der Waals surface area contributed by atoms with Crippen LogP contribution in [-0.2, 0) is 19.4 Å². The summed E-state index contributed by atoms with van der Waals surface area (Å²) >= 11 is 0. The molecule has 0 aliphatic carbocycles. The van der Waals surface area contributed by atoms with Crippen molar-refractivity contribution in [1.29, 1.82) is 0 Å². The molecule has 0 spiro atoms. The Labute approximate surface area is 225 Å². The number of nitrogens with zero attached hydrogens (tertiary/aromatic N) is 2. The highest BCUT2D eigenvalue weighted by atomic mass is 35.5. The molecule has 1 saturated heterocycles. The molecule has 0 radical (unpaired) electrons. The first kappa shape index (κ1) is 26.8. The van der Waals surface area contributed by atoms with Gasteiger partial charge in [-0.15, -0.1) is 12.4 Å². The van der Waals surface area contributed by atoms with Gasteiger partial charge in [-0.2, -0.15) is 0 Å². The van der Waals surface area contributed by atoms with E-state index in [4.69, 9.17) is 0 Å². The number of hydrogen-bond acceptors (Lipinski definition) is 3. The summed E-state index contributed by atoms with van der Waals surface area (Å²) in [5, 5.41) is 14.3. The highest BCUT2D eigenvalue weighted by Crippen LogP contribution is 2.30. The molecule has 1 amide bonds. The van der Waals surface area contributed by atoms with Gasteiger partial charge < -0.3 is 19.9 Å². The first-order chi connectivity index (χ1) is 17.6. The maximum absolute atomic E-state index is 13.5. The van der Waals surface area contributed by atoms with Gasteiger partial charge in [0, 0.05) is 48.8 Å². The molecule has 3 aromatic carbocycles. The molecule has 6 heteroatoms. The van der Waals surface area contributed by atoms with Crippen molar-refractivity contribution in [3.05, 3.63) is 101 Å². The number of likely N-dealkylation sites (tertiary alicyclic amines) is 1. The zero-order chi connectivity index (χ0) is 24.9. The second kappa shape index (κ2) is 12.3. The van der Waals surface area contributed by atoms with Gasteiger partial charge in [-0.3, -0.25) is 4.79 Å². The van der Waals surface area contributed by atoms with E-state index < -0.39 is 0 Å². The SMILES string of the molecule is Cc1c(C(=O)NC2CCN(CCc3ccccc3)CC2)c2cc(O)ccc2n1CCc1ccccc1.Cl. The van der Waals surface area contributed by atoms with Gasteiger partial charge >= 0.3 is 0 Å². The fourth-order valence-electron chi connectivity index (χ4n) is 5.42. The first-order valence-corrected chi connectivity index (χ1v) is 13.0. The van der Waals surface area contributed by atoms with Crippen molar-refractivity contribution in [3.8, 4) is 5.75 Å². The number of carbonyl (C=O) groups excluding carboxylic acids is 1. The molecule has 0 unspecified atom stereocenters. The second-order valence-corrected chi connectivity index (χ2v) is 9.87. The summed E-state index contributed by atoms with van der Waals surface area (Å²) in [6, 6.07) is 26.5. The Balaban J connectivity index is 0.00000320. The summed E-state index contributed by atoms with van der Waals surface area (Å²) in [5.41, 5.74) is 5.25. The Bertz CT molecular complexity index is 1310. The van der Waals surface area contributed by atoms with Gasteiger partial charge in [-0.1, -0.05) is 60.7 Å². The van der Waals surface area contributed by atoms with Crippen LogP contribution in [0.15, 0.2) is 78.9 Å². The van der Waals surface area contributed by atoms with Crippen LogP contribution in [0.3, 0.4) is 0 Å². The van der Waals surface area contributed by atoms with Crippen molar-refractivity contribution in [3.63, 3.8) is 0 Å². The third-order valence-corrected chi connectivity index (χ3v) is 7.48. The van der Waals surface area contributed by atoms with Gasteiger partial charge in [0.05, 0.1) is 5.56 Å². The van der Waals surface area contributed by atoms with Crippen LogP contribution in [0.4, 0.5) is 0 Å². The molecule has 1 aliphatic rings. The van der Waals surface area contributed by atoms with Gasteiger partial charge in [0.25, 0.3) is 5.91 Å². The van der Waals surface area contributed by atoms with Crippen molar-refractivity contribution in [2.24, 2.45) is 0 Å². The van der Waals surface area contributed by atoms with Crippen LogP contribution in [0.1, 0.15) is 40.0 Å². The van der Waals surface area contributed by atoms with Gasteiger partial charge in [-0.05, 0) is 61.9 Å². The average molecular weight is 518 g/mol. The van der Waals surface area contributed by atoms with E-state index in [1.807, 2.05) is 19.1 Å². The van der Waals surface area contributed by atoms with Crippen molar-refractivity contribution in [1.82, 2.24) is 14.8 Å². The van der Waals surface area contributed by atoms with E-state index in [2.05, 4.69) is 69.4 Å². The van der Waals surface area contributed by atoms with Crippen molar-refractivity contribution < 1.29 is 9.90 Å². The van der Waals surface area contributed by atoms with E-state index >= 15 is 0 Å². The minimum atomic E-state index is -0.0377. The standard InChI is InChI=1S/C31H35N3O2.ClH/c1-23-30(28-22-27(35)12-13-29(28)34(23)21-15-25-10-6-3-7-11-25)31(36)32-26-16-19-33(20-17-26)18-14-24-8-4-2-5-9-24;/h2-13,22,26,35H,14-21H2,1H3,(H,32,36);1H. The number of nitrogens with one attached hydrogen (secondary N) is 1. The number of rotatable bonds is 8. The lowest BCUT2D eigenvalue weighted by Gasteiger charge is -2.32. The highest BCUT2D eigenvalue weighted by Gasteiger charge is 2.25. The lowest BCUT2D eigenvalue weighted by Crippen LogP contribution is -2.45. The lowest BCUT2D eigenvalue weighted by atomic mass is 10.0. The van der Waals surface area contributed by atoms with Gasteiger partial charge in [-0.25, -0.2) is 0 Å². The average Bonchev–Trinajstić information content (AvgIpc) is 3.18. The van der Waals surface area contributed by atoms with E-state index in [0.717, 1.165) is 68.5 Å². The molecule has 1 fully saturated rings. The smallest absolute Gasteiger partial charge is 0.253 e. The summed E-state index contributed by atoms with van der Waals surface area (Å²) in [6.45, 7) is 5.85. The number of aromatic hydroxyl groups is 1. The molecular weight excluding hydrogens is 482 g/mol. The predicted molar refractivity (Wildman–Crippen MR) is 153 cm³/mol. The number of carbonyl (C=O) groups is 1. The number of benzene rings is 3. The third-order valence-electron chi connectivity index (χ3n) is 7.48. The second-order valence-electron chi connectivity index (χ2n) is 9.87. The molecule has 0 atom stereocenters. The van der Waals surface area contributed by atoms with Crippen LogP contribution in [0.2, 0.25) is 0 Å². The molecule has 1 aromatic heterocycles. The van der Waals surface area contributed by atoms with E-state index in [1.54, 1.807) is 12.1 Å². The van der Waals surface area contributed by atoms with Gasteiger partial charge in [0.2, 0.25) is 0 Å². The molecule has 2 N–H and O–H groups in total. The summed E-state index contributed by atoms with van der Waals surface area (Å²) < 4.78 is 2.21. The van der Waals surface area contributed by atoms with Gasteiger partial charge in [0.1, 0.15) is 5.75 Å². The van der Waals surface area contributed by atoms with Crippen molar-refractivity contribution in [2.45, 2.75) is 45.2 Å².